The van der Waals surface area contributed by atoms with Crippen LogP contribution in [-0.2, 0) is 27.4 Å². The number of aromatic nitrogens is 1. The number of ether oxygens (including phenoxy) is 1. The lowest BCUT2D eigenvalue weighted by atomic mass is 10.1. The molecular formula is C18H19FN2O3. The topological polar surface area (TPSA) is 59.5 Å². The summed E-state index contributed by atoms with van der Waals surface area (Å²) in [7, 11) is 0. The predicted octanol–water partition coefficient (Wildman–Crippen LogP) is 2.62. The second-order valence-corrected chi connectivity index (χ2v) is 5.28. The van der Waals surface area contributed by atoms with Crippen molar-refractivity contribution in [2.75, 3.05) is 6.61 Å². The van der Waals surface area contributed by atoms with Crippen LogP contribution in [0, 0.1) is 12.7 Å². The lowest BCUT2D eigenvalue weighted by molar-refractivity contribution is -0.160. The Kier molecular flexibility index (Phi) is 6.01. The van der Waals surface area contributed by atoms with E-state index < -0.39 is 17.7 Å². The average molecular weight is 330 g/mol. The van der Waals surface area contributed by atoms with E-state index in [4.69, 9.17) is 4.74 Å². The molecule has 1 aromatic carbocycles. The number of hydrogen-bond acceptors (Lipinski definition) is 4. The van der Waals surface area contributed by atoms with Crippen LogP contribution in [0.25, 0.3) is 0 Å². The van der Waals surface area contributed by atoms with Crippen LogP contribution in [0.3, 0.4) is 0 Å². The Morgan fingerprint density at radius 2 is 1.92 bits per heavy atom. The predicted molar refractivity (Wildman–Crippen MR) is 86.3 cm³/mol. The van der Waals surface area contributed by atoms with Crippen LogP contribution in [0.2, 0.25) is 0 Å². The first-order valence-corrected chi connectivity index (χ1v) is 7.62. The van der Waals surface area contributed by atoms with Gasteiger partial charge in [-0.2, -0.15) is 0 Å². The largest absolute Gasteiger partial charge is 0.459 e. The van der Waals surface area contributed by atoms with Crippen molar-refractivity contribution < 1.29 is 18.7 Å². The third-order valence-corrected chi connectivity index (χ3v) is 3.45. The molecular weight excluding hydrogens is 311 g/mol. The minimum atomic E-state index is -0.909. The van der Waals surface area contributed by atoms with Gasteiger partial charge in [0.1, 0.15) is 5.82 Å². The van der Waals surface area contributed by atoms with Crippen LogP contribution in [0.15, 0.2) is 42.6 Å². The van der Waals surface area contributed by atoms with E-state index in [0.717, 1.165) is 11.8 Å². The summed E-state index contributed by atoms with van der Waals surface area (Å²) in [6, 6.07) is 10.6. The van der Waals surface area contributed by atoms with Gasteiger partial charge < -0.3 is 9.64 Å². The fraction of sp³-hybridized carbons (Fsp3) is 0.278. The van der Waals surface area contributed by atoms with Crippen molar-refractivity contribution in [3.05, 3.63) is 65.2 Å². The van der Waals surface area contributed by atoms with Crippen molar-refractivity contribution in [3.8, 4) is 0 Å². The molecule has 2 aromatic rings. The Bertz CT molecular complexity index is 719. The quantitative estimate of drug-likeness (QED) is 0.625. The smallest absolute Gasteiger partial charge is 0.397 e. The van der Waals surface area contributed by atoms with Crippen LogP contribution in [0.5, 0.6) is 0 Å². The second kappa shape index (κ2) is 8.19. The lowest BCUT2D eigenvalue weighted by Gasteiger charge is -2.22. The number of nitrogens with zero attached hydrogens (tertiary/aromatic N) is 2. The van der Waals surface area contributed by atoms with Crippen LogP contribution in [-0.4, -0.2) is 28.4 Å². The highest BCUT2D eigenvalue weighted by Crippen LogP contribution is 2.13. The highest BCUT2D eigenvalue weighted by Gasteiger charge is 2.24. The number of rotatable bonds is 5. The monoisotopic (exact) mass is 330 g/mol. The van der Waals surface area contributed by atoms with E-state index in [1.165, 1.54) is 11.0 Å². The Labute approximate surface area is 140 Å². The van der Waals surface area contributed by atoms with Gasteiger partial charge >= 0.3 is 11.9 Å². The van der Waals surface area contributed by atoms with Gasteiger partial charge in [-0.15, -0.1) is 0 Å². The van der Waals surface area contributed by atoms with Gasteiger partial charge in [0, 0.05) is 6.54 Å². The summed E-state index contributed by atoms with van der Waals surface area (Å²) in [5.74, 6) is -2.10. The zero-order chi connectivity index (χ0) is 17.5. The number of halogens is 1. The number of esters is 1. The molecule has 0 saturated carbocycles. The first-order chi connectivity index (χ1) is 11.5. The van der Waals surface area contributed by atoms with Crippen molar-refractivity contribution in [1.29, 1.82) is 0 Å². The molecule has 0 N–H and O–H groups in total. The maximum absolute atomic E-state index is 13.2. The summed E-state index contributed by atoms with van der Waals surface area (Å²) >= 11 is 0. The molecule has 0 radical (unpaired) electrons. The van der Waals surface area contributed by atoms with Gasteiger partial charge in [0.2, 0.25) is 0 Å². The summed E-state index contributed by atoms with van der Waals surface area (Å²) in [6.45, 7) is 3.80. The number of pyridine rings is 1. The van der Waals surface area contributed by atoms with Crippen molar-refractivity contribution in [2.24, 2.45) is 0 Å². The van der Waals surface area contributed by atoms with E-state index in [0.29, 0.717) is 11.3 Å². The van der Waals surface area contributed by atoms with Crippen molar-refractivity contribution >= 4 is 11.9 Å². The van der Waals surface area contributed by atoms with E-state index in [2.05, 4.69) is 4.98 Å². The Balaban J connectivity index is 2.24. The van der Waals surface area contributed by atoms with Gasteiger partial charge in [0.15, 0.2) is 0 Å². The molecule has 0 aliphatic rings. The molecule has 0 atom stereocenters. The maximum atomic E-state index is 13.2. The van der Waals surface area contributed by atoms with Gasteiger partial charge in [-0.1, -0.05) is 30.3 Å². The van der Waals surface area contributed by atoms with E-state index in [1.54, 1.807) is 13.8 Å². The normalized spacial score (nSPS) is 10.3. The Morgan fingerprint density at radius 1 is 1.21 bits per heavy atom. The third kappa shape index (κ3) is 4.62. The molecule has 0 unspecified atom stereocenters. The van der Waals surface area contributed by atoms with Crippen LogP contribution in [0.1, 0.15) is 23.7 Å². The van der Waals surface area contributed by atoms with E-state index >= 15 is 0 Å². The SMILES string of the molecule is CCOC(=O)C(=O)N(Cc1ccccc1)Cc1ncc(F)cc1C. The van der Waals surface area contributed by atoms with Crippen molar-refractivity contribution in [2.45, 2.75) is 26.9 Å². The molecule has 126 valence electrons. The molecule has 5 nitrogen and oxygen atoms in total. The molecule has 2 rings (SSSR count). The van der Waals surface area contributed by atoms with Crippen molar-refractivity contribution in [3.63, 3.8) is 0 Å². The summed E-state index contributed by atoms with van der Waals surface area (Å²) in [5.41, 5.74) is 2.02. The van der Waals surface area contributed by atoms with E-state index in [9.17, 15) is 14.0 Å². The maximum Gasteiger partial charge on any atom is 0.397 e. The summed E-state index contributed by atoms with van der Waals surface area (Å²) < 4.78 is 18.0. The highest BCUT2D eigenvalue weighted by molar-refractivity contribution is 6.32. The molecule has 1 amide bonds. The average Bonchev–Trinajstić information content (AvgIpc) is 2.57. The third-order valence-electron chi connectivity index (χ3n) is 3.45. The molecule has 0 fully saturated rings. The summed E-state index contributed by atoms with van der Waals surface area (Å²) in [6.07, 6.45) is 1.10. The summed E-state index contributed by atoms with van der Waals surface area (Å²) in [5, 5.41) is 0. The van der Waals surface area contributed by atoms with Crippen LogP contribution in [0.4, 0.5) is 4.39 Å². The fourth-order valence-electron chi connectivity index (χ4n) is 2.24. The van der Waals surface area contributed by atoms with Crippen molar-refractivity contribution in [1.82, 2.24) is 9.88 Å². The molecule has 0 aliphatic heterocycles. The Morgan fingerprint density at radius 3 is 2.54 bits per heavy atom. The van der Waals surface area contributed by atoms with E-state index in [1.807, 2.05) is 30.3 Å². The highest BCUT2D eigenvalue weighted by atomic mass is 19.1. The number of hydrogen-bond donors (Lipinski definition) is 0. The summed E-state index contributed by atoms with van der Waals surface area (Å²) in [4.78, 5) is 29.6. The van der Waals surface area contributed by atoms with Gasteiger partial charge in [-0.05, 0) is 31.0 Å². The molecule has 1 heterocycles. The lowest BCUT2D eigenvalue weighted by Crippen LogP contribution is -2.37. The van der Waals surface area contributed by atoms with Crippen LogP contribution < -0.4 is 0 Å². The number of carbonyl (C=O) groups is 2. The molecule has 1 aromatic heterocycles. The minimum Gasteiger partial charge on any atom is -0.459 e. The second-order valence-electron chi connectivity index (χ2n) is 5.28. The molecule has 0 bridgehead atoms. The fourth-order valence-corrected chi connectivity index (χ4v) is 2.24. The van der Waals surface area contributed by atoms with Gasteiger partial charge in [0.05, 0.1) is 25.0 Å². The standard InChI is InChI=1S/C18H19FN2O3/c1-3-24-18(23)17(22)21(11-14-7-5-4-6-8-14)12-16-13(2)9-15(19)10-20-16/h4-10H,3,11-12H2,1-2H3. The molecule has 6 heteroatoms. The minimum absolute atomic E-state index is 0.0959. The first kappa shape index (κ1) is 17.6. The molecule has 0 aliphatic carbocycles. The molecule has 0 saturated heterocycles. The molecule has 0 spiro atoms. The Hall–Kier alpha value is -2.76. The van der Waals surface area contributed by atoms with Gasteiger partial charge in [-0.25, -0.2) is 9.18 Å². The first-order valence-electron chi connectivity index (χ1n) is 7.62. The number of carbonyl (C=O) groups excluding carboxylic acids is 2. The number of aryl methyl sites for hydroxylation is 1. The number of amides is 1. The van der Waals surface area contributed by atoms with Crippen LogP contribution >= 0.6 is 0 Å². The number of benzene rings is 1. The van der Waals surface area contributed by atoms with E-state index in [-0.39, 0.29) is 19.7 Å². The molecule has 24 heavy (non-hydrogen) atoms. The van der Waals surface area contributed by atoms with Gasteiger partial charge in [-0.3, -0.25) is 9.78 Å². The zero-order valence-electron chi connectivity index (χ0n) is 13.7. The zero-order valence-corrected chi connectivity index (χ0v) is 13.7. The van der Waals surface area contributed by atoms with Gasteiger partial charge in [0.25, 0.3) is 0 Å².